The molecule has 0 bridgehead atoms. The normalized spacial score (nSPS) is 10.3. The summed E-state index contributed by atoms with van der Waals surface area (Å²) in [6.07, 6.45) is 0.553. The lowest BCUT2D eigenvalue weighted by atomic mass is 10.3. The van der Waals surface area contributed by atoms with Gasteiger partial charge in [-0.25, -0.2) is 15.2 Å². The van der Waals surface area contributed by atoms with Gasteiger partial charge in [-0.05, 0) is 12.1 Å². The van der Waals surface area contributed by atoms with E-state index in [4.69, 9.17) is 10.6 Å². The van der Waals surface area contributed by atoms with Crippen molar-refractivity contribution >= 4 is 5.82 Å². The van der Waals surface area contributed by atoms with Crippen LogP contribution in [-0.2, 0) is 6.42 Å². The number of aromatic nitrogens is 2. The SMILES string of the molecule is CCc1nc(NN)cc(Oc2cccc(F)c2F)n1. The predicted octanol–water partition coefficient (Wildman–Crippen LogP) is 2.40. The Morgan fingerprint density at radius 1 is 1.32 bits per heavy atom. The summed E-state index contributed by atoms with van der Waals surface area (Å²) in [6.45, 7) is 1.85. The molecule has 2 rings (SSSR count). The molecule has 0 fully saturated rings. The van der Waals surface area contributed by atoms with Gasteiger partial charge in [-0.2, -0.15) is 9.37 Å². The lowest BCUT2D eigenvalue weighted by Crippen LogP contribution is -2.10. The van der Waals surface area contributed by atoms with Crippen LogP contribution in [0.15, 0.2) is 24.3 Å². The molecule has 2 aromatic rings. The number of aryl methyl sites for hydroxylation is 1. The first kappa shape index (κ1) is 13.2. The Morgan fingerprint density at radius 3 is 2.79 bits per heavy atom. The number of nitrogens with two attached hydrogens (primary N) is 1. The number of halogens is 2. The summed E-state index contributed by atoms with van der Waals surface area (Å²) in [5.41, 5.74) is 2.35. The molecule has 1 aromatic heterocycles. The van der Waals surface area contributed by atoms with E-state index >= 15 is 0 Å². The van der Waals surface area contributed by atoms with Crippen LogP contribution < -0.4 is 16.0 Å². The van der Waals surface area contributed by atoms with E-state index in [-0.39, 0.29) is 11.6 Å². The summed E-state index contributed by atoms with van der Waals surface area (Å²) < 4.78 is 31.7. The second kappa shape index (κ2) is 5.57. The smallest absolute Gasteiger partial charge is 0.224 e. The van der Waals surface area contributed by atoms with Gasteiger partial charge in [0.25, 0.3) is 0 Å². The molecule has 0 amide bonds. The number of nitrogens with zero attached hydrogens (tertiary/aromatic N) is 2. The predicted molar refractivity (Wildman–Crippen MR) is 65.7 cm³/mol. The van der Waals surface area contributed by atoms with Crippen molar-refractivity contribution in [2.24, 2.45) is 5.84 Å². The number of nitrogens with one attached hydrogen (secondary N) is 1. The molecule has 0 radical (unpaired) electrons. The molecule has 0 aliphatic carbocycles. The number of ether oxygens (including phenoxy) is 1. The van der Waals surface area contributed by atoms with E-state index in [9.17, 15) is 8.78 Å². The van der Waals surface area contributed by atoms with Crippen molar-refractivity contribution in [3.05, 3.63) is 41.7 Å². The Balaban J connectivity index is 2.34. The van der Waals surface area contributed by atoms with Gasteiger partial charge < -0.3 is 10.2 Å². The van der Waals surface area contributed by atoms with Crippen LogP contribution in [-0.4, -0.2) is 9.97 Å². The summed E-state index contributed by atoms with van der Waals surface area (Å²) in [4.78, 5) is 8.10. The third-order valence-corrected chi connectivity index (χ3v) is 2.34. The zero-order valence-electron chi connectivity index (χ0n) is 10.2. The first-order valence-electron chi connectivity index (χ1n) is 5.60. The number of nitrogen functional groups attached to an aromatic ring is 1. The van der Waals surface area contributed by atoms with Crippen LogP contribution in [0.25, 0.3) is 0 Å². The van der Waals surface area contributed by atoms with E-state index in [0.717, 1.165) is 6.07 Å². The Labute approximate surface area is 108 Å². The topological polar surface area (TPSA) is 73.1 Å². The van der Waals surface area contributed by atoms with Crippen LogP contribution in [0.3, 0.4) is 0 Å². The Morgan fingerprint density at radius 2 is 2.11 bits per heavy atom. The van der Waals surface area contributed by atoms with Crippen molar-refractivity contribution in [2.45, 2.75) is 13.3 Å². The highest BCUT2D eigenvalue weighted by Crippen LogP contribution is 2.25. The van der Waals surface area contributed by atoms with Gasteiger partial charge in [-0.1, -0.05) is 13.0 Å². The van der Waals surface area contributed by atoms with E-state index in [2.05, 4.69) is 15.4 Å². The summed E-state index contributed by atoms with van der Waals surface area (Å²) in [5, 5.41) is 0. The van der Waals surface area contributed by atoms with E-state index < -0.39 is 11.6 Å². The van der Waals surface area contributed by atoms with E-state index in [0.29, 0.717) is 18.1 Å². The summed E-state index contributed by atoms with van der Waals surface area (Å²) >= 11 is 0. The minimum atomic E-state index is -1.07. The molecule has 5 nitrogen and oxygen atoms in total. The first-order chi connectivity index (χ1) is 9.13. The van der Waals surface area contributed by atoms with Gasteiger partial charge in [-0.3, -0.25) is 0 Å². The fourth-order valence-corrected chi connectivity index (χ4v) is 1.43. The molecule has 1 aromatic carbocycles. The minimum absolute atomic E-state index is 0.0873. The monoisotopic (exact) mass is 266 g/mol. The highest BCUT2D eigenvalue weighted by molar-refractivity contribution is 5.39. The Kier molecular flexibility index (Phi) is 3.86. The van der Waals surface area contributed by atoms with E-state index in [1.165, 1.54) is 18.2 Å². The maximum absolute atomic E-state index is 13.5. The quantitative estimate of drug-likeness (QED) is 0.656. The molecule has 0 saturated heterocycles. The molecule has 3 N–H and O–H groups in total. The number of anilines is 1. The van der Waals surface area contributed by atoms with Crippen LogP contribution >= 0.6 is 0 Å². The highest BCUT2D eigenvalue weighted by atomic mass is 19.2. The van der Waals surface area contributed by atoms with Gasteiger partial charge in [0.1, 0.15) is 11.6 Å². The number of benzene rings is 1. The van der Waals surface area contributed by atoms with Crippen molar-refractivity contribution < 1.29 is 13.5 Å². The molecule has 0 atom stereocenters. The van der Waals surface area contributed by atoms with Crippen LogP contribution in [0.1, 0.15) is 12.7 Å². The molecule has 1 heterocycles. The number of rotatable bonds is 4. The first-order valence-corrected chi connectivity index (χ1v) is 5.60. The summed E-state index contributed by atoms with van der Waals surface area (Å²) in [7, 11) is 0. The fraction of sp³-hybridized carbons (Fsp3) is 0.167. The molecular formula is C12H12F2N4O. The van der Waals surface area contributed by atoms with Crippen molar-refractivity contribution in [2.75, 3.05) is 5.43 Å². The standard InChI is InChI=1S/C12H12F2N4O/c1-2-9-16-10(18-15)6-11(17-9)19-8-5-3-4-7(13)12(8)14/h3-6H,2,15H2,1H3,(H,16,17,18). The second-order valence-corrected chi connectivity index (χ2v) is 3.66. The largest absolute Gasteiger partial charge is 0.436 e. The van der Waals surface area contributed by atoms with Crippen molar-refractivity contribution in [1.29, 1.82) is 0 Å². The average molecular weight is 266 g/mol. The van der Waals surface area contributed by atoms with Crippen molar-refractivity contribution in [1.82, 2.24) is 9.97 Å². The van der Waals surface area contributed by atoms with Gasteiger partial charge in [0.15, 0.2) is 11.6 Å². The zero-order valence-corrected chi connectivity index (χ0v) is 10.2. The van der Waals surface area contributed by atoms with E-state index in [1.54, 1.807) is 0 Å². The molecule has 0 aliphatic heterocycles. The maximum Gasteiger partial charge on any atom is 0.224 e. The zero-order chi connectivity index (χ0) is 13.8. The average Bonchev–Trinajstić information content (AvgIpc) is 2.43. The van der Waals surface area contributed by atoms with E-state index in [1.807, 2.05) is 6.92 Å². The van der Waals surface area contributed by atoms with Crippen LogP contribution in [0.2, 0.25) is 0 Å². The number of hydrogen-bond acceptors (Lipinski definition) is 5. The van der Waals surface area contributed by atoms with Crippen LogP contribution in [0.4, 0.5) is 14.6 Å². The van der Waals surface area contributed by atoms with Crippen LogP contribution in [0, 0.1) is 11.6 Å². The molecule has 7 heteroatoms. The lowest BCUT2D eigenvalue weighted by molar-refractivity contribution is 0.403. The maximum atomic E-state index is 13.5. The van der Waals surface area contributed by atoms with Gasteiger partial charge in [-0.15, -0.1) is 0 Å². The minimum Gasteiger partial charge on any atom is -0.436 e. The Hall–Kier alpha value is -2.28. The summed E-state index contributed by atoms with van der Waals surface area (Å²) in [6, 6.07) is 5.05. The van der Waals surface area contributed by atoms with Crippen LogP contribution in [0.5, 0.6) is 11.6 Å². The van der Waals surface area contributed by atoms with Gasteiger partial charge >= 0.3 is 0 Å². The molecule has 19 heavy (non-hydrogen) atoms. The lowest BCUT2D eigenvalue weighted by Gasteiger charge is -2.09. The highest BCUT2D eigenvalue weighted by Gasteiger charge is 2.11. The number of hydrogen-bond donors (Lipinski definition) is 2. The molecule has 0 unspecified atom stereocenters. The third-order valence-electron chi connectivity index (χ3n) is 2.34. The van der Waals surface area contributed by atoms with Gasteiger partial charge in [0.05, 0.1) is 0 Å². The van der Waals surface area contributed by atoms with Gasteiger partial charge in [0.2, 0.25) is 11.7 Å². The summed E-state index contributed by atoms with van der Waals surface area (Å²) in [5.74, 6) is 3.85. The molecular weight excluding hydrogens is 254 g/mol. The van der Waals surface area contributed by atoms with Crippen molar-refractivity contribution in [3.63, 3.8) is 0 Å². The Bertz CT molecular complexity index is 570. The van der Waals surface area contributed by atoms with Gasteiger partial charge in [0, 0.05) is 12.5 Å². The molecule has 100 valence electrons. The molecule has 0 spiro atoms. The third kappa shape index (κ3) is 2.94. The number of hydrazine groups is 1. The second-order valence-electron chi connectivity index (χ2n) is 3.66. The fourth-order valence-electron chi connectivity index (χ4n) is 1.43. The van der Waals surface area contributed by atoms with Crippen molar-refractivity contribution in [3.8, 4) is 11.6 Å². The molecule has 0 aliphatic rings. The molecule has 0 saturated carbocycles.